The highest BCUT2D eigenvalue weighted by atomic mass is 35.5. The Labute approximate surface area is 160 Å². The molecule has 3 rings (SSSR count). The number of carbonyl (C=O) groups excluding carboxylic acids is 1. The first-order valence-electron chi connectivity index (χ1n) is 7.82. The minimum atomic E-state index is -0.345. The first-order chi connectivity index (χ1) is 12.5. The van der Waals surface area contributed by atoms with Crippen LogP contribution >= 0.6 is 23.2 Å². The second kappa shape index (κ2) is 7.68. The smallest absolute Gasteiger partial charge is 0.257 e. The van der Waals surface area contributed by atoms with Crippen molar-refractivity contribution in [3.05, 3.63) is 64.2 Å². The van der Waals surface area contributed by atoms with Crippen molar-refractivity contribution in [1.82, 2.24) is 15.0 Å². The zero-order valence-corrected chi connectivity index (χ0v) is 15.3. The van der Waals surface area contributed by atoms with Crippen LogP contribution in [-0.2, 0) is 6.42 Å². The lowest BCUT2D eigenvalue weighted by atomic mass is 10.1. The molecule has 0 saturated heterocycles. The fourth-order valence-electron chi connectivity index (χ4n) is 2.52. The number of benzene rings is 1. The summed E-state index contributed by atoms with van der Waals surface area (Å²) < 4.78 is 0. The molecule has 2 aromatic heterocycles. The van der Waals surface area contributed by atoms with Crippen LogP contribution in [-0.4, -0.2) is 20.9 Å². The van der Waals surface area contributed by atoms with Gasteiger partial charge in [0.25, 0.3) is 5.91 Å². The number of nitrogen functional groups attached to an aromatic ring is 1. The molecule has 0 atom stereocenters. The molecule has 2 heterocycles. The number of anilines is 2. The van der Waals surface area contributed by atoms with Crippen molar-refractivity contribution in [2.75, 3.05) is 11.1 Å². The minimum Gasteiger partial charge on any atom is -0.382 e. The standard InChI is InChI=1S/C18H15Cl2N5O/c1-2-14-12(4-3-7-22-14)18(26)25-16-15(23-9-24-17(16)21)11-6-5-10(19)8-13(11)20/h3-9H,2H2,1H3,(H,25,26)(H2,21,23,24). The number of amides is 1. The van der Waals surface area contributed by atoms with Crippen LogP contribution in [0, 0.1) is 0 Å². The molecule has 0 bridgehead atoms. The summed E-state index contributed by atoms with van der Waals surface area (Å²) in [7, 11) is 0. The van der Waals surface area contributed by atoms with Gasteiger partial charge < -0.3 is 11.1 Å². The normalized spacial score (nSPS) is 10.6. The van der Waals surface area contributed by atoms with Gasteiger partial charge in [-0.2, -0.15) is 0 Å². The number of pyridine rings is 1. The molecular formula is C18H15Cl2N5O. The molecule has 0 spiro atoms. The average Bonchev–Trinajstić information content (AvgIpc) is 2.63. The predicted molar refractivity (Wildman–Crippen MR) is 103 cm³/mol. The molecule has 0 radical (unpaired) electrons. The topological polar surface area (TPSA) is 93.8 Å². The first-order valence-corrected chi connectivity index (χ1v) is 8.58. The SMILES string of the molecule is CCc1ncccc1C(=O)Nc1c(N)ncnc1-c1ccc(Cl)cc1Cl. The lowest BCUT2D eigenvalue weighted by molar-refractivity contribution is 0.102. The van der Waals surface area contributed by atoms with E-state index in [0.717, 1.165) is 0 Å². The molecule has 1 aromatic carbocycles. The third-order valence-corrected chi connectivity index (χ3v) is 4.32. The highest BCUT2D eigenvalue weighted by Crippen LogP contribution is 2.35. The number of rotatable bonds is 4. The Balaban J connectivity index is 2.04. The molecule has 26 heavy (non-hydrogen) atoms. The van der Waals surface area contributed by atoms with Crippen LogP contribution in [0.4, 0.5) is 11.5 Å². The minimum absolute atomic E-state index is 0.135. The maximum Gasteiger partial charge on any atom is 0.257 e. The molecule has 0 aliphatic heterocycles. The van der Waals surface area contributed by atoms with Gasteiger partial charge in [0, 0.05) is 16.8 Å². The fraction of sp³-hybridized carbons (Fsp3) is 0.111. The maximum absolute atomic E-state index is 12.8. The average molecular weight is 388 g/mol. The number of hydrogen-bond acceptors (Lipinski definition) is 5. The van der Waals surface area contributed by atoms with Gasteiger partial charge in [-0.1, -0.05) is 30.1 Å². The van der Waals surface area contributed by atoms with Crippen LogP contribution in [0.1, 0.15) is 23.0 Å². The summed E-state index contributed by atoms with van der Waals surface area (Å²) in [6.45, 7) is 1.93. The van der Waals surface area contributed by atoms with E-state index in [1.807, 2.05) is 6.92 Å². The molecule has 0 aliphatic rings. The van der Waals surface area contributed by atoms with Gasteiger partial charge in [-0.3, -0.25) is 9.78 Å². The monoisotopic (exact) mass is 387 g/mol. The molecule has 3 aromatic rings. The molecule has 3 N–H and O–H groups in total. The molecule has 0 aliphatic carbocycles. The molecule has 0 unspecified atom stereocenters. The van der Waals surface area contributed by atoms with Gasteiger partial charge in [0.05, 0.1) is 16.3 Å². The van der Waals surface area contributed by atoms with Gasteiger partial charge in [-0.05, 0) is 36.8 Å². The van der Waals surface area contributed by atoms with Gasteiger partial charge in [0.15, 0.2) is 5.82 Å². The summed E-state index contributed by atoms with van der Waals surface area (Å²) in [5.41, 5.74) is 8.42. The molecular weight excluding hydrogens is 373 g/mol. The van der Waals surface area contributed by atoms with Gasteiger partial charge in [-0.25, -0.2) is 9.97 Å². The number of nitrogens with one attached hydrogen (secondary N) is 1. The van der Waals surface area contributed by atoms with E-state index in [1.54, 1.807) is 36.5 Å². The lowest BCUT2D eigenvalue weighted by Gasteiger charge is -2.14. The lowest BCUT2D eigenvalue weighted by Crippen LogP contribution is -2.17. The third-order valence-electron chi connectivity index (χ3n) is 3.77. The van der Waals surface area contributed by atoms with Crippen molar-refractivity contribution in [1.29, 1.82) is 0 Å². The van der Waals surface area contributed by atoms with Crippen molar-refractivity contribution in [3.8, 4) is 11.3 Å². The number of nitrogens with two attached hydrogens (primary N) is 1. The zero-order valence-electron chi connectivity index (χ0n) is 13.8. The van der Waals surface area contributed by atoms with E-state index in [9.17, 15) is 4.79 Å². The number of hydrogen-bond donors (Lipinski definition) is 2. The Morgan fingerprint density at radius 1 is 1.19 bits per heavy atom. The Hall–Kier alpha value is -2.70. The van der Waals surface area contributed by atoms with E-state index in [4.69, 9.17) is 28.9 Å². The molecule has 132 valence electrons. The Bertz CT molecular complexity index is 978. The highest BCUT2D eigenvalue weighted by Gasteiger charge is 2.19. The van der Waals surface area contributed by atoms with E-state index < -0.39 is 0 Å². The van der Waals surface area contributed by atoms with Crippen LogP contribution in [0.5, 0.6) is 0 Å². The highest BCUT2D eigenvalue weighted by molar-refractivity contribution is 6.36. The molecule has 0 fully saturated rings. The first kappa shape index (κ1) is 18.1. The molecule has 8 heteroatoms. The number of aryl methyl sites for hydroxylation is 1. The number of carbonyl (C=O) groups is 1. The third kappa shape index (κ3) is 3.61. The number of halogens is 2. The number of nitrogens with zero attached hydrogens (tertiary/aromatic N) is 3. The molecule has 0 saturated carbocycles. The van der Waals surface area contributed by atoms with E-state index in [-0.39, 0.29) is 17.4 Å². The van der Waals surface area contributed by atoms with Crippen LogP contribution < -0.4 is 11.1 Å². The summed E-state index contributed by atoms with van der Waals surface area (Å²) in [6.07, 6.45) is 3.58. The fourth-order valence-corrected chi connectivity index (χ4v) is 3.01. The van der Waals surface area contributed by atoms with Gasteiger partial charge in [-0.15, -0.1) is 0 Å². The van der Waals surface area contributed by atoms with Crippen molar-refractivity contribution < 1.29 is 4.79 Å². The van der Waals surface area contributed by atoms with Crippen molar-refractivity contribution in [2.24, 2.45) is 0 Å². The van der Waals surface area contributed by atoms with Crippen LogP contribution in [0.2, 0.25) is 10.0 Å². The Morgan fingerprint density at radius 2 is 2.00 bits per heavy atom. The van der Waals surface area contributed by atoms with Gasteiger partial charge in [0.2, 0.25) is 0 Å². The maximum atomic E-state index is 12.8. The zero-order chi connectivity index (χ0) is 18.7. The Kier molecular flexibility index (Phi) is 5.35. The van der Waals surface area contributed by atoms with E-state index >= 15 is 0 Å². The van der Waals surface area contributed by atoms with E-state index in [1.165, 1.54) is 6.33 Å². The second-order valence-electron chi connectivity index (χ2n) is 5.41. The van der Waals surface area contributed by atoms with E-state index in [0.29, 0.717) is 39.0 Å². The summed E-state index contributed by atoms with van der Waals surface area (Å²) in [6, 6.07) is 8.40. The van der Waals surface area contributed by atoms with Crippen molar-refractivity contribution in [2.45, 2.75) is 13.3 Å². The summed E-state index contributed by atoms with van der Waals surface area (Å²) in [5.74, 6) is -0.209. The quantitative estimate of drug-likeness (QED) is 0.697. The van der Waals surface area contributed by atoms with Gasteiger partial charge >= 0.3 is 0 Å². The van der Waals surface area contributed by atoms with Crippen molar-refractivity contribution >= 4 is 40.6 Å². The summed E-state index contributed by atoms with van der Waals surface area (Å²) in [5, 5.41) is 3.67. The predicted octanol–water partition coefficient (Wildman–Crippen LogP) is 4.24. The van der Waals surface area contributed by atoms with Crippen LogP contribution in [0.3, 0.4) is 0 Å². The largest absolute Gasteiger partial charge is 0.382 e. The van der Waals surface area contributed by atoms with Crippen molar-refractivity contribution in [3.63, 3.8) is 0 Å². The van der Waals surface area contributed by atoms with Crippen LogP contribution in [0.25, 0.3) is 11.3 Å². The molecule has 6 nitrogen and oxygen atoms in total. The number of aromatic nitrogens is 3. The second-order valence-corrected chi connectivity index (χ2v) is 6.26. The summed E-state index contributed by atoms with van der Waals surface area (Å²) >= 11 is 12.2. The van der Waals surface area contributed by atoms with E-state index in [2.05, 4.69) is 20.3 Å². The molecule has 1 amide bonds. The summed E-state index contributed by atoms with van der Waals surface area (Å²) in [4.78, 5) is 25.2. The Morgan fingerprint density at radius 3 is 2.73 bits per heavy atom. The van der Waals surface area contributed by atoms with Gasteiger partial charge in [0.1, 0.15) is 17.7 Å². The van der Waals surface area contributed by atoms with Crippen LogP contribution in [0.15, 0.2) is 42.9 Å².